The van der Waals surface area contributed by atoms with Crippen molar-refractivity contribution in [3.8, 4) is 0 Å². The van der Waals surface area contributed by atoms with Gasteiger partial charge in [-0.05, 0) is 29.1 Å². The molecule has 0 amide bonds. The van der Waals surface area contributed by atoms with E-state index in [0.29, 0.717) is 19.2 Å². The van der Waals surface area contributed by atoms with Crippen LogP contribution in [0, 0.1) is 5.82 Å². The second-order valence-corrected chi connectivity index (χ2v) is 6.41. The smallest absolute Gasteiger partial charge is 0.314 e. The number of piperazine rings is 1. The first kappa shape index (κ1) is 16.4. The van der Waals surface area contributed by atoms with E-state index in [0.717, 1.165) is 24.0 Å². The molecule has 124 valence electrons. The molecule has 2 nitrogen and oxygen atoms in total. The molecule has 0 spiro atoms. The lowest BCUT2D eigenvalue weighted by atomic mass is 9.96. The number of nitrogens with zero attached hydrogens (tertiary/aromatic N) is 1. The molecule has 1 aromatic heterocycles. The highest BCUT2D eigenvalue weighted by Crippen LogP contribution is 2.40. The largest absolute Gasteiger partial charge is 0.416 e. The Hall–Kier alpha value is -1.44. The van der Waals surface area contributed by atoms with Gasteiger partial charge in [0, 0.05) is 31.1 Å². The molecule has 0 saturated carbocycles. The molecule has 1 atom stereocenters. The van der Waals surface area contributed by atoms with Crippen LogP contribution in [0.15, 0.2) is 35.7 Å². The van der Waals surface area contributed by atoms with Crippen LogP contribution in [-0.2, 0) is 6.18 Å². The summed E-state index contributed by atoms with van der Waals surface area (Å²) in [6.45, 7) is 2.75. The maximum absolute atomic E-state index is 13.4. The molecule has 2 aromatic rings. The Kier molecular flexibility index (Phi) is 4.70. The van der Waals surface area contributed by atoms with Crippen LogP contribution in [0.5, 0.6) is 0 Å². The number of rotatable bonds is 3. The molecule has 1 saturated heterocycles. The van der Waals surface area contributed by atoms with E-state index in [-0.39, 0.29) is 5.56 Å². The van der Waals surface area contributed by atoms with Crippen LogP contribution in [0.1, 0.15) is 22.0 Å². The Morgan fingerprint density at radius 2 is 1.87 bits per heavy atom. The summed E-state index contributed by atoms with van der Waals surface area (Å²) in [5.41, 5.74) is -0.780. The first-order valence-electron chi connectivity index (χ1n) is 7.31. The second kappa shape index (κ2) is 6.59. The Bertz CT molecular complexity index is 649. The summed E-state index contributed by atoms with van der Waals surface area (Å²) >= 11 is 1.42. The first-order chi connectivity index (χ1) is 11.0. The number of benzene rings is 1. The number of thiophene rings is 1. The molecule has 0 radical (unpaired) electrons. The van der Waals surface area contributed by atoms with E-state index in [4.69, 9.17) is 0 Å². The van der Waals surface area contributed by atoms with Gasteiger partial charge in [0.25, 0.3) is 0 Å². The van der Waals surface area contributed by atoms with Crippen molar-refractivity contribution in [3.63, 3.8) is 0 Å². The summed E-state index contributed by atoms with van der Waals surface area (Å²) < 4.78 is 53.6. The Labute approximate surface area is 135 Å². The summed E-state index contributed by atoms with van der Waals surface area (Å²) in [4.78, 5) is 2.86. The third-order valence-corrected chi connectivity index (χ3v) is 4.87. The number of nitrogens with one attached hydrogen (secondary N) is 1. The third-order valence-electron chi connectivity index (χ3n) is 3.94. The lowest BCUT2D eigenvalue weighted by Crippen LogP contribution is -2.45. The zero-order valence-corrected chi connectivity index (χ0v) is 13.1. The summed E-state index contributed by atoms with van der Waals surface area (Å²) in [6, 6.07) is 6.12. The Balaban J connectivity index is 2.10. The summed E-state index contributed by atoms with van der Waals surface area (Å²) in [7, 11) is 0. The van der Waals surface area contributed by atoms with Gasteiger partial charge in [-0.1, -0.05) is 12.1 Å². The molecule has 0 bridgehead atoms. The highest BCUT2D eigenvalue weighted by molar-refractivity contribution is 7.10. The van der Waals surface area contributed by atoms with Crippen LogP contribution in [0.2, 0.25) is 0 Å². The molecule has 2 heterocycles. The average Bonchev–Trinajstić information content (AvgIpc) is 3.03. The van der Waals surface area contributed by atoms with E-state index in [1.165, 1.54) is 17.4 Å². The quantitative estimate of drug-likeness (QED) is 0.850. The number of halogens is 4. The van der Waals surface area contributed by atoms with Gasteiger partial charge in [0.15, 0.2) is 0 Å². The number of hydrogen-bond donors (Lipinski definition) is 1. The molecule has 1 fully saturated rings. The van der Waals surface area contributed by atoms with Crippen molar-refractivity contribution in [1.29, 1.82) is 0 Å². The van der Waals surface area contributed by atoms with E-state index >= 15 is 0 Å². The first-order valence-corrected chi connectivity index (χ1v) is 8.19. The normalized spacial score (nSPS) is 18.1. The lowest BCUT2D eigenvalue weighted by Gasteiger charge is -2.35. The highest BCUT2D eigenvalue weighted by Gasteiger charge is 2.38. The van der Waals surface area contributed by atoms with Gasteiger partial charge in [-0.15, -0.1) is 11.3 Å². The molecule has 0 aliphatic carbocycles. The third kappa shape index (κ3) is 3.57. The van der Waals surface area contributed by atoms with Gasteiger partial charge in [0.1, 0.15) is 5.82 Å². The predicted octanol–water partition coefficient (Wildman–Crippen LogP) is 3.90. The highest BCUT2D eigenvalue weighted by atomic mass is 32.1. The lowest BCUT2D eigenvalue weighted by molar-refractivity contribution is -0.138. The van der Waals surface area contributed by atoms with Crippen molar-refractivity contribution in [2.45, 2.75) is 12.2 Å². The van der Waals surface area contributed by atoms with Crippen LogP contribution in [-0.4, -0.2) is 31.1 Å². The predicted molar refractivity (Wildman–Crippen MR) is 82.0 cm³/mol. The fourth-order valence-electron chi connectivity index (χ4n) is 2.93. The van der Waals surface area contributed by atoms with E-state index in [9.17, 15) is 17.6 Å². The summed E-state index contributed by atoms with van der Waals surface area (Å²) in [5, 5.41) is 5.05. The summed E-state index contributed by atoms with van der Waals surface area (Å²) in [6.07, 6.45) is -4.58. The van der Waals surface area contributed by atoms with Crippen molar-refractivity contribution in [2.24, 2.45) is 0 Å². The van der Waals surface area contributed by atoms with Gasteiger partial charge >= 0.3 is 6.18 Å². The van der Waals surface area contributed by atoms with Gasteiger partial charge < -0.3 is 5.32 Å². The second-order valence-electron chi connectivity index (χ2n) is 5.43. The van der Waals surface area contributed by atoms with Crippen molar-refractivity contribution < 1.29 is 17.6 Å². The monoisotopic (exact) mass is 344 g/mol. The van der Waals surface area contributed by atoms with E-state index in [2.05, 4.69) is 5.32 Å². The number of alkyl halides is 3. The molecule has 1 N–H and O–H groups in total. The van der Waals surface area contributed by atoms with Gasteiger partial charge in [-0.3, -0.25) is 4.90 Å². The topological polar surface area (TPSA) is 15.3 Å². The van der Waals surface area contributed by atoms with Gasteiger partial charge in [-0.2, -0.15) is 13.2 Å². The Morgan fingerprint density at radius 3 is 2.48 bits per heavy atom. The average molecular weight is 344 g/mol. The molecule has 7 heteroatoms. The van der Waals surface area contributed by atoms with Crippen molar-refractivity contribution in [2.75, 3.05) is 26.2 Å². The Morgan fingerprint density at radius 1 is 1.13 bits per heavy atom. The maximum atomic E-state index is 13.4. The van der Waals surface area contributed by atoms with Crippen molar-refractivity contribution in [3.05, 3.63) is 57.5 Å². The zero-order valence-electron chi connectivity index (χ0n) is 12.2. The molecule has 1 aliphatic heterocycles. The van der Waals surface area contributed by atoms with Gasteiger partial charge in [0.2, 0.25) is 0 Å². The fourth-order valence-corrected chi connectivity index (χ4v) is 3.81. The van der Waals surface area contributed by atoms with Crippen LogP contribution >= 0.6 is 11.3 Å². The number of hydrogen-bond acceptors (Lipinski definition) is 3. The van der Waals surface area contributed by atoms with Crippen LogP contribution in [0.4, 0.5) is 17.6 Å². The SMILES string of the molecule is Fc1ccc([C@@H](c2cccs2)N2CCNCC2)c(C(F)(F)F)c1. The van der Waals surface area contributed by atoms with Gasteiger partial charge in [-0.25, -0.2) is 4.39 Å². The van der Waals surface area contributed by atoms with Crippen molar-refractivity contribution in [1.82, 2.24) is 10.2 Å². The van der Waals surface area contributed by atoms with E-state index in [1.807, 2.05) is 22.4 Å². The standard InChI is InChI=1S/C16H16F4N2S/c17-11-3-4-12(13(10-11)16(18,19)20)15(14-2-1-9-23-14)22-7-5-21-6-8-22/h1-4,9-10,15,21H,5-8H2/t15-/m0/s1. The minimum absolute atomic E-state index is 0.114. The molecular formula is C16H16F4N2S. The minimum atomic E-state index is -4.58. The van der Waals surface area contributed by atoms with Crippen LogP contribution in [0.25, 0.3) is 0 Å². The van der Waals surface area contributed by atoms with E-state index < -0.39 is 23.6 Å². The maximum Gasteiger partial charge on any atom is 0.416 e. The summed E-state index contributed by atoms with van der Waals surface area (Å²) in [5.74, 6) is -0.869. The molecule has 0 unspecified atom stereocenters. The molecule has 3 rings (SSSR count). The van der Waals surface area contributed by atoms with Gasteiger partial charge in [0.05, 0.1) is 11.6 Å². The molecule has 1 aliphatic rings. The van der Waals surface area contributed by atoms with Crippen molar-refractivity contribution >= 4 is 11.3 Å². The fraction of sp³-hybridized carbons (Fsp3) is 0.375. The zero-order chi connectivity index (χ0) is 16.4. The minimum Gasteiger partial charge on any atom is -0.314 e. The van der Waals surface area contributed by atoms with E-state index in [1.54, 1.807) is 0 Å². The molecule has 23 heavy (non-hydrogen) atoms. The molecule has 1 aromatic carbocycles. The van der Waals surface area contributed by atoms with Crippen LogP contribution in [0.3, 0.4) is 0 Å². The van der Waals surface area contributed by atoms with Crippen LogP contribution < -0.4 is 5.32 Å². The molecular weight excluding hydrogens is 328 g/mol.